The first-order valence-electron chi connectivity index (χ1n) is 5.76. The summed E-state index contributed by atoms with van der Waals surface area (Å²) in [4.78, 5) is 2.43. The quantitative estimate of drug-likeness (QED) is 0.859. The van der Waals surface area contributed by atoms with Crippen molar-refractivity contribution in [3.05, 3.63) is 5.69 Å². The molecule has 5 heteroatoms. The SMILES string of the molecule is CC(C)(C)C1CCN(Cc2nnsc2N)C1. The van der Waals surface area contributed by atoms with E-state index in [-0.39, 0.29) is 0 Å². The van der Waals surface area contributed by atoms with E-state index in [1.807, 2.05) is 0 Å². The maximum Gasteiger partial charge on any atom is 0.132 e. The number of hydrogen-bond donors (Lipinski definition) is 1. The van der Waals surface area contributed by atoms with Crippen LogP contribution >= 0.6 is 11.5 Å². The predicted octanol–water partition coefficient (Wildman–Crippen LogP) is 1.99. The van der Waals surface area contributed by atoms with Gasteiger partial charge in [0.25, 0.3) is 0 Å². The van der Waals surface area contributed by atoms with Crippen molar-refractivity contribution in [1.82, 2.24) is 14.5 Å². The Morgan fingerprint density at radius 1 is 1.50 bits per heavy atom. The van der Waals surface area contributed by atoms with Gasteiger partial charge in [0, 0.05) is 24.6 Å². The van der Waals surface area contributed by atoms with Gasteiger partial charge in [-0.1, -0.05) is 25.3 Å². The van der Waals surface area contributed by atoms with Crippen molar-refractivity contribution in [2.45, 2.75) is 33.7 Å². The van der Waals surface area contributed by atoms with E-state index in [1.54, 1.807) is 0 Å². The second-order valence-electron chi connectivity index (χ2n) is 5.67. The molecule has 0 aromatic carbocycles. The van der Waals surface area contributed by atoms with Gasteiger partial charge in [-0.15, -0.1) is 5.10 Å². The summed E-state index contributed by atoms with van der Waals surface area (Å²) in [6.45, 7) is 10.1. The summed E-state index contributed by atoms with van der Waals surface area (Å²) in [6, 6.07) is 0. The Kier molecular flexibility index (Phi) is 3.17. The first-order valence-corrected chi connectivity index (χ1v) is 6.53. The molecule has 4 nitrogen and oxygen atoms in total. The number of aromatic nitrogens is 2. The fraction of sp³-hybridized carbons (Fsp3) is 0.818. The zero-order chi connectivity index (χ0) is 11.8. The number of nitrogens with zero attached hydrogens (tertiary/aromatic N) is 3. The van der Waals surface area contributed by atoms with Crippen LogP contribution in [0.1, 0.15) is 32.9 Å². The minimum absolute atomic E-state index is 0.403. The number of nitrogen functional groups attached to an aromatic ring is 1. The molecule has 2 rings (SSSR count). The minimum atomic E-state index is 0.403. The molecule has 1 aromatic rings. The molecule has 2 N–H and O–H groups in total. The third-order valence-electron chi connectivity index (χ3n) is 3.46. The Bertz CT molecular complexity index is 355. The molecule has 16 heavy (non-hydrogen) atoms. The van der Waals surface area contributed by atoms with Gasteiger partial charge in [0.1, 0.15) is 10.7 Å². The zero-order valence-corrected chi connectivity index (χ0v) is 11.0. The average Bonchev–Trinajstić information content (AvgIpc) is 2.76. The summed E-state index contributed by atoms with van der Waals surface area (Å²) in [5.74, 6) is 0.778. The van der Waals surface area contributed by atoms with Gasteiger partial charge in [0.05, 0.1) is 0 Å². The van der Waals surface area contributed by atoms with Crippen LogP contribution in [-0.4, -0.2) is 27.6 Å². The highest BCUT2D eigenvalue weighted by molar-refractivity contribution is 7.09. The van der Waals surface area contributed by atoms with E-state index in [4.69, 9.17) is 5.73 Å². The molecule has 1 aliphatic heterocycles. The number of rotatable bonds is 2. The van der Waals surface area contributed by atoms with Crippen molar-refractivity contribution < 1.29 is 0 Å². The lowest BCUT2D eigenvalue weighted by molar-refractivity contribution is 0.225. The maximum atomic E-state index is 5.81. The molecule has 0 saturated carbocycles. The van der Waals surface area contributed by atoms with Crippen molar-refractivity contribution in [3.63, 3.8) is 0 Å². The highest BCUT2D eigenvalue weighted by Gasteiger charge is 2.32. The Morgan fingerprint density at radius 2 is 2.25 bits per heavy atom. The number of nitrogens with two attached hydrogens (primary N) is 1. The third kappa shape index (κ3) is 2.52. The average molecular weight is 240 g/mol. The fourth-order valence-electron chi connectivity index (χ4n) is 2.22. The third-order valence-corrected chi connectivity index (χ3v) is 4.05. The topological polar surface area (TPSA) is 55.0 Å². The molecule has 1 atom stereocenters. The number of anilines is 1. The molecule has 0 bridgehead atoms. The molecule has 1 aromatic heterocycles. The van der Waals surface area contributed by atoms with Crippen molar-refractivity contribution in [1.29, 1.82) is 0 Å². The molecule has 0 amide bonds. The van der Waals surface area contributed by atoms with Crippen molar-refractivity contribution in [3.8, 4) is 0 Å². The summed E-state index contributed by atoms with van der Waals surface area (Å²) < 4.78 is 3.87. The normalized spacial score (nSPS) is 22.8. The van der Waals surface area contributed by atoms with Gasteiger partial charge in [-0.05, 0) is 24.3 Å². The molecule has 0 aliphatic carbocycles. The maximum absolute atomic E-state index is 5.81. The summed E-state index contributed by atoms with van der Waals surface area (Å²) in [7, 11) is 0. The molecule has 1 fully saturated rings. The molecule has 0 radical (unpaired) electrons. The monoisotopic (exact) mass is 240 g/mol. The van der Waals surface area contributed by atoms with Gasteiger partial charge in [-0.3, -0.25) is 4.90 Å². The molecule has 1 saturated heterocycles. The van der Waals surface area contributed by atoms with Crippen LogP contribution in [0, 0.1) is 11.3 Å². The lowest BCUT2D eigenvalue weighted by atomic mass is 9.80. The second kappa shape index (κ2) is 4.30. The molecule has 1 unspecified atom stereocenters. The lowest BCUT2D eigenvalue weighted by Crippen LogP contribution is -2.26. The van der Waals surface area contributed by atoms with Crippen LogP contribution in [0.3, 0.4) is 0 Å². The first-order chi connectivity index (χ1) is 7.47. The van der Waals surface area contributed by atoms with Crippen LogP contribution in [0.5, 0.6) is 0 Å². The van der Waals surface area contributed by atoms with Crippen LogP contribution in [-0.2, 0) is 6.54 Å². The Labute approximate surface area is 101 Å². The van der Waals surface area contributed by atoms with Gasteiger partial charge in [0.15, 0.2) is 0 Å². The molecule has 90 valence electrons. The summed E-state index contributed by atoms with van der Waals surface area (Å²) in [5.41, 5.74) is 7.15. The van der Waals surface area contributed by atoms with Crippen LogP contribution in [0.15, 0.2) is 0 Å². The van der Waals surface area contributed by atoms with E-state index in [0.29, 0.717) is 5.41 Å². The highest BCUT2D eigenvalue weighted by Crippen LogP contribution is 2.34. The highest BCUT2D eigenvalue weighted by atomic mass is 32.1. The Morgan fingerprint density at radius 3 is 2.75 bits per heavy atom. The van der Waals surface area contributed by atoms with Crippen molar-refractivity contribution in [2.75, 3.05) is 18.8 Å². The van der Waals surface area contributed by atoms with E-state index in [2.05, 4.69) is 35.3 Å². The molecule has 0 spiro atoms. The summed E-state index contributed by atoms with van der Waals surface area (Å²) in [6.07, 6.45) is 1.28. The predicted molar refractivity (Wildman–Crippen MR) is 67.2 cm³/mol. The molecular weight excluding hydrogens is 220 g/mol. The summed E-state index contributed by atoms with van der Waals surface area (Å²) >= 11 is 1.28. The standard InChI is InChI=1S/C11H20N4S/c1-11(2,3)8-4-5-15(6-8)7-9-10(12)16-14-13-9/h8H,4-7,12H2,1-3H3. The van der Waals surface area contributed by atoms with E-state index in [9.17, 15) is 0 Å². The Hall–Kier alpha value is -0.680. The van der Waals surface area contributed by atoms with Crippen LogP contribution in [0.2, 0.25) is 0 Å². The van der Waals surface area contributed by atoms with E-state index >= 15 is 0 Å². The zero-order valence-electron chi connectivity index (χ0n) is 10.2. The van der Waals surface area contributed by atoms with Crippen LogP contribution in [0.4, 0.5) is 5.00 Å². The smallest absolute Gasteiger partial charge is 0.132 e. The van der Waals surface area contributed by atoms with E-state index < -0.39 is 0 Å². The van der Waals surface area contributed by atoms with Crippen LogP contribution < -0.4 is 5.73 Å². The van der Waals surface area contributed by atoms with E-state index in [1.165, 1.54) is 18.0 Å². The number of hydrogen-bond acceptors (Lipinski definition) is 5. The van der Waals surface area contributed by atoms with Gasteiger partial charge >= 0.3 is 0 Å². The molecule has 2 heterocycles. The fourth-order valence-corrected chi connectivity index (χ4v) is 2.66. The number of likely N-dealkylation sites (tertiary alicyclic amines) is 1. The van der Waals surface area contributed by atoms with Gasteiger partial charge < -0.3 is 5.73 Å². The van der Waals surface area contributed by atoms with Crippen molar-refractivity contribution >= 4 is 16.5 Å². The lowest BCUT2D eigenvalue weighted by Gasteiger charge is -2.26. The molecule has 1 aliphatic rings. The second-order valence-corrected chi connectivity index (χ2v) is 6.46. The van der Waals surface area contributed by atoms with Crippen LogP contribution in [0.25, 0.3) is 0 Å². The van der Waals surface area contributed by atoms with E-state index in [0.717, 1.165) is 36.2 Å². The minimum Gasteiger partial charge on any atom is -0.388 e. The summed E-state index contributed by atoms with van der Waals surface area (Å²) in [5, 5.41) is 4.83. The van der Waals surface area contributed by atoms with Crippen molar-refractivity contribution in [2.24, 2.45) is 11.3 Å². The van der Waals surface area contributed by atoms with Gasteiger partial charge in [0.2, 0.25) is 0 Å². The largest absolute Gasteiger partial charge is 0.388 e. The van der Waals surface area contributed by atoms with Gasteiger partial charge in [-0.25, -0.2) is 0 Å². The molecular formula is C11H20N4S. The first kappa shape index (κ1) is 11.8. The Balaban J connectivity index is 1.93. The van der Waals surface area contributed by atoms with Gasteiger partial charge in [-0.2, -0.15) is 0 Å².